The molecule has 1 rings (SSSR count). The zero-order chi connectivity index (χ0) is 17.7. The summed E-state index contributed by atoms with van der Waals surface area (Å²) in [7, 11) is -1.39. The number of aliphatic imine (C=N–C) groups is 1. The lowest BCUT2D eigenvalue weighted by Gasteiger charge is -2.12. The Morgan fingerprint density at radius 2 is 2.00 bits per heavy atom. The first-order valence-electron chi connectivity index (χ1n) is 8.64. The Labute approximate surface area is 145 Å². The van der Waals surface area contributed by atoms with Gasteiger partial charge < -0.3 is 20.1 Å². The van der Waals surface area contributed by atoms with E-state index in [1.54, 1.807) is 14.0 Å². The van der Waals surface area contributed by atoms with Crippen LogP contribution >= 0.6 is 0 Å². The molecule has 1 unspecified atom stereocenters. The lowest BCUT2D eigenvalue weighted by molar-refractivity contribution is 0.0888. The van der Waals surface area contributed by atoms with Gasteiger partial charge in [0.15, 0.2) is 5.96 Å². The van der Waals surface area contributed by atoms with Gasteiger partial charge >= 0.3 is 0 Å². The molecule has 24 heavy (non-hydrogen) atoms. The van der Waals surface area contributed by atoms with Crippen molar-refractivity contribution in [2.45, 2.75) is 26.2 Å². The van der Waals surface area contributed by atoms with Crippen LogP contribution in [0.25, 0.3) is 0 Å². The maximum absolute atomic E-state index is 11.3. The van der Waals surface area contributed by atoms with Crippen LogP contribution in [0.1, 0.15) is 26.2 Å². The second-order valence-electron chi connectivity index (χ2n) is 5.74. The predicted molar refractivity (Wildman–Crippen MR) is 95.8 cm³/mol. The molecule has 1 fully saturated rings. The third-order valence-corrected chi connectivity index (χ3v) is 5.11. The molecule has 1 heterocycles. The highest BCUT2D eigenvalue weighted by Crippen LogP contribution is 2.12. The fourth-order valence-electron chi connectivity index (χ4n) is 2.19. The van der Waals surface area contributed by atoms with Gasteiger partial charge in [0.2, 0.25) is 10.0 Å². The smallest absolute Gasteiger partial charge is 0.211 e. The van der Waals surface area contributed by atoms with E-state index < -0.39 is 10.0 Å². The average molecular weight is 365 g/mol. The summed E-state index contributed by atoms with van der Waals surface area (Å²) in [6.07, 6.45) is 2.71. The molecule has 9 heteroatoms. The normalized spacial score (nSPS) is 18.8. The Morgan fingerprint density at radius 1 is 1.25 bits per heavy atom. The van der Waals surface area contributed by atoms with Gasteiger partial charge in [-0.15, -0.1) is 0 Å². The van der Waals surface area contributed by atoms with Crippen LogP contribution < -0.4 is 15.4 Å². The lowest BCUT2D eigenvalue weighted by atomic mass is 10.1. The standard InChI is InChI=1S/C15H32N4O4S/c1-3-24(20,21)19-9-4-7-17-15(16-2)18-8-5-10-22-12-14-6-11-23-13-14/h14,19H,3-13H2,1-2H3,(H2,16,17,18). The van der Waals surface area contributed by atoms with Gasteiger partial charge in [-0.25, -0.2) is 13.1 Å². The molecule has 0 spiro atoms. The highest BCUT2D eigenvalue weighted by Gasteiger charge is 2.15. The molecule has 8 nitrogen and oxygen atoms in total. The third-order valence-electron chi connectivity index (χ3n) is 3.71. The molecule has 0 aliphatic carbocycles. The van der Waals surface area contributed by atoms with E-state index in [0.717, 1.165) is 51.8 Å². The van der Waals surface area contributed by atoms with Gasteiger partial charge in [-0.3, -0.25) is 4.99 Å². The minimum absolute atomic E-state index is 0.111. The van der Waals surface area contributed by atoms with Crippen molar-refractivity contribution in [3.05, 3.63) is 0 Å². The average Bonchev–Trinajstić information content (AvgIpc) is 3.09. The van der Waals surface area contributed by atoms with Gasteiger partial charge in [0, 0.05) is 45.8 Å². The van der Waals surface area contributed by atoms with Gasteiger partial charge in [0.1, 0.15) is 0 Å². The second kappa shape index (κ2) is 12.5. The number of hydrogen-bond acceptors (Lipinski definition) is 5. The molecule has 142 valence electrons. The van der Waals surface area contributed by atoms with Gasteiger partial charge in [0.25, 0.3) is 0 Å². The number of sulfonamides is 1. The van der Waals surface area contributed by atoms with Crippen LogP contribution in [0.5, 0.6) is 0 Å². The minimum Gasteiger partial charge on any atom is -0.381 e. The molecular formula is C15H32N4O4S. The molecule has 0 aromatic carbocycles. The molecule has 3 N–H and O–H groups in total. The summed E-state index contributed by atoms with van der Waals surface area (Å²) < 4.78 is 36.0. The topological polar surface area (TPSA) is 101 Å². The largest absolute Gasteiger partial charge is 0.381 e. The maximum atomic E-state index is 11.3. The van der Waals surface area contributed by atoms with Crippen LogP contribution in [0, 0.1) is 5.92 Å². The quantitative estimate of drug-likeness (QED) is 0.254. The number of nitrogens with one attached hydrogen (secondary N) is 3. The van der Waals surface area contributed by atoms with Crippen molar-refractivity contribution < 1.29 is 17.9 Å². The van der Waals surface area contributed by atoms with E-state index in [1.807, 2.05) is 0 Å². The van der Waals surface area contributed by atoms with E-state index in [4.69, 9.17) is 9.47 Å². The Morgan fingerprint density at radius 3 is 2.62 bits per heavy atom. The van der Waals surface area contributed by atoms with Gasteiger partial charge in [0.05, 0.1) is 19.0 Å². The summed E-state index contributed by atoms with van der Waals surface area (Å²) >= 11 is 0. The molecule has 1 saturated heterocycles. The Kier molecular flexibility index (Phi) is 11.0. The monoisotopic (exact) mass is 364 g/mol. The Balaban J connectivity index is 1.96. The van der Waals surface area contributed by atoms with Crippen molar-refractivity contribution in [3.8, 4) is 0 Å². The molecule has 1 atom stereocenters. The van der Waals surface area contributed by atoms with E-state index in [-0.39, 0.29) is 5.75 Å². The third kappa shape index (κ3) is 10.1. The van der Waals surface area contributed by atoms with E-state index in [0.29, 0.717) is 25.4 Å². The van der Waals surface area contributed by atoms with Crippen molar-refractivity contribution in [2.24, 2.45) is 10.9 Å². The Bertz CT molecular complexity index is 450. The summed E-state index contributed by atoms with van der Waals surface area (Å²) in [5.41, 5.74) is 0. The van der Waals surface area contributed by atoms with Gasteiger partial charge in [-0.05, 0) is 26.2 Å². The van der Waals surface area contributed by atoms with E-state index in [1.165, 1.54) is 0 Å². The molecule has 0 radical (unpaired) electrons. The maximum Gasteiger partial charge on any atom is 0.211 e. The second-order valence-corrected chi connectivity index (χ2v) is 7.83. The first kappa shape index (κ1) is 21.1. The van der Waals surface area contributed by atoms with E-state index in [9.17, 15) is 8.42 Å². The molecule has 1 aliphatic rings. The fraction of sp³-hybridized carbons (Fsp3) is 0.933. The fourth-order valence-corrected chi connectivity index (χ4v) is 2.85. The number of ether oxygens (including phenoxy) is 2. The molecule has 0 bridgehead atoms. The Hall–Kier alpha value is -0.900. The summed E-state index contributed by atoms with van der Waals surface area (Å²) in [4.78, 5) is 4.13. The van der Waals surface area contributed by atoms with Gasteiger partial charge in [-0.2, -0.15) is 0 Å². The molecule has 0 aromatic rings. The van der Waals surface area contributed by atoms with Crippen LogP contribution in [0.4, 0.5) is 0 Å². The summed E-state index contributed by atoms with van der Waals surface area (Å²) in [6.45, 7) is 6.67. The first-order valence-corrected chi connectivity index (χ1v) is 10.3. The van der Waals surface area contributed by atoms with Crippen molar-refractivity contribution in [2.75, 3.05) is 58.9 Å². The van der Waals surface area contributed by atoms with Crippen LogP contribution in [0.15, 0.2) is 4.99 Å². The van der Waals surface area contributed by atoms with Crippen LogP contribution in [0.3, 0.4) is 0 Å². The molecule has 0 saturated carbocycles. The minimum atomic E-state index is -3.10. The molecule has 0 amide bonds. The first-order chi connectivity index (χ1) is 11.6. The molecule has 0 aromatic heterocycles. The van der Waals surface area contributed by atoms with Crippen molar-refractivity contribution in [1.82, 2.24) is 15.4 Å². The zero-order valence-corrected chi connectivity index (χ0v) is 15.7. The van der Waals surface area contributed by atoms with E-state index in [2.05, 4.69) is 20.3 Å². The summed E-state index contributed by atoms with van der Waals surface area (Å²) in [6, 6.07) is 0. The van der Waals surface area contributed by atoms with Crippen molar-refractivity contribution in [1.29, 1.82) is 0 Å². The molecular weight excluding hydrogens is 332 g/mol. The number of rotatable bonds is 12. The van der Waals surface area contributed by atoms with Crippen molar-refractivity contribution >= 4 is 16.0 Å². The van der Waals surface area contributed by atoms with Crippen LogP contribution in [-0.2, 0) is 19.5 Å². The van der Waals surface area contributed by atoms with Gasteiger partial charge in [-0.1, -0.05) is 0 Å². The highest BCUT2D eigenvalue weighted by atomic mass is 32.2. The molecule has 1 aliphatic heterocycles. The number of hydrogen-bond donors (Lipinski definition) is 3. The SMILES string of the molecule is CCS(=O)(=O)NCCCNC(=NC)NCCCOCC1CCOC1. The van der Waals surface area contributed by atoms with E-state index >= 15 is 0 Å². The van der Waals surface area contributed by atoms with Crippen LogP contribution in [-0.4, -0.2) is 73.2 Å². The van der Waals surface area contributed by atoms with Crippen molar-refractivity contribution in [3.63, 3.8) is 0 Å². The lowest BCUT2D eigenvalue weighted by Crippen LogP contribution is -2.39. The van der Waals surface area contributed by atoms with Crippen LogP contribution in [0.2, 0.25) is 0 Å². The summed E-state index contributed by atoms with van der Waals surface area (Å²) in [5, 5.41) is 6.37. The zero-order valence-electron chi connectivity index (χ0n) is 14.8. The number of guanidine groups is 1. The number of nitrogens with zero attached hydrogens (tertiary/aromatic N) is 1. The highest BCUT2D eigenvalue weighted by molar-refractivity contribution is 7.89. The predicted octanol–water partition coefficient (Wildman–Crippen LogP) is -0.0760. The summed E-state index contributed by atoms with van der Waals surface area (Å²) in [5.74, 6) is 1.38.